The van der Waals surface area contributed by atoms with Crippen molar-refractivity contribution >= 4 is 0 Å². The first-order valence-corrected chi connectivity index (χ1v) is 10.8. The molecular weight excluding hydrogens is 358 g/mol. The smallest absolute Gasteiger partial charge is 0.0994 e. The fourth-order valence-corrected chi connectivity index (χ4v) is 4.39. The van der Waals surface area contributed by atoms with Crippen molar-refractivity contribution in [3.8, 4) is 5.69 Å². The second-order valence-corrected chi connectivity index (χ2v) is 7.87. The van der Waals surface area contributed by atoms with Gasteiger partial charge >= 0.3 is 0 Å². The Hall–Kier alpha value is -2.50. The molecule has 0 fully saturated rings. The largest absolute Gasteiger partial charge is 0.330 e. The molecule has 5 nitrogen and oxygen atoms in total. The van der Waals surface area contributed by atoms with Gasteiger partial charge < -0.3 is 10.3 Å². The molecule has 2 N–H and O–H groups in total. The van der Waals surface area contributed by atoms with E-state index in [0.717, 1.165) is 44.6 Å². The van der Waals surface area contributed by atoms with Crippen molar-refractivity contribution in [2.75, 3.05) is 13.1 Å². The predicted molar refractivity (Wildman–Crippen MR) is 117 cm³/mol. The summed E-state index contributed by atoms with van der Waals surface area (Å²) in [6.45, 7) is 2.70. The van der Waals surface area contributed by atoms with E-state index in [1.807, 2.05) is 18.7 Å². The predicted octanol–water partition coefficient (Wildman–Crippen LogP) is 4.28. The Bertz CT molecular complexity index is 889. The van der Waals surface area contributed by atoms with Gasteiger partial charge in [-0.1, -0.05) is 30.7 Å². The van der Waals surface area contributed by atoms with E-state index in [9.17, 15) is 0 Å². The number of nitrogens with zero attached hydrogens (tertiary/aromatic N) is 4. The van der Waals surface area contributed by atoms with E-state index < -0.39 is 0 Å². The van der Waals surface area contributed by atoms with Crippen LogP contribution < -0.4 is 5.73 Å². The molecule has 1 aromatic carbocycles. The number of aromatic nitrogens is 3. The van der Waals surface area contributed by atoms with Crippen molar-refractivity contribution in [3.05, 3.63) is 78.1 Å². The van der Waals surface area contributed by atoms with Gasteiger partial charge in [0.25, 0.3) is 0 Å². The lowest BCUT2D eigenvalue weighted by atomic mass is 9.90. The summed E-state index contributed by atoms with van der Waals surface area (Å²) >= 11 is 0. The van der Waals surface area contributed by atoms with Crippen molar-refractivity contribution in [2.45, 2.75) is 51.1 Å². The Kier molecular flexibility index (Phi) is 6.70. The molecule has 1 atom stereocenters. The molecule has 3 aromatic rings. The fourth-order valence-electron chi connectivity index (χ4n) is 4.39. The third-order valence-corrected chi connectivity index (χ3v) is 5.87. The average Bonchev–Trinajstić information content (AvgIpc) is 3.24. The number of hydrogen-bond donors (Lipinski definition) is 1. The molecule has 4 rings (SSSR count). The van der Waals surface area contributed by atoms with Gasteiger partial charge in [-0.15, -0.1) is 0 Å². The minimum absolute atomic E-state index is 0.372. The molecule has 2 heterocycles. The summed E-state index contributed by atoms with van der Waals surface area (Å²) in [4.78, 5) is 11.9. The Morgan fingerprint density at radius 3 is 2.83 bits per heavy atom. The van der Waals surface area contributed by atoms with Crippen molar-refractivity contribution in [1.82, 2.24) is 19.4 Å². The first-order valence-electron chi connectivity index (χ1n) is 10.8. The molecule has 0 bridgehead atoms. The SMILES string of the molecule is NCCCCCN(Cc1cncn1-c1ccccc1)C1CCCc2cccnc21. The lowest BCUT2D eigenvalue weighted by Crippen LogP contribution is -2.33. The van der Waals surface area contributed by atoms with Gasteiger partial charge in [0.2, 0.25) is 0 Å². The Balaban J connectivity index is 1.59. The summed E-state index contributed by atoms with van der Waals surface area (Å²) in [5.74, 6) is 0. The number of benzene rings is 1. The van der Waals surface area contributed by atoms with Gasteiger partial charge in [0, 0.05) is 24.6 Å². The van der Waals surface area contributed by atoms with E-state index in [1.165, 1.54) is 36.2 Å². The summed E-state index contributed by atoms with van der Waals surface area (Å²) in [7, 11) is 0. The number of aryl methyl sites for hydroxylation is 1. The molecule has 29 heavy (non-hydrogen) atoms. The molecule has 152 valence electrons. The highest BCUT2D eigenvalue weighted by atomic mass is 15.2. The van der Waals surface area contributed by atoms with Crippen LogP contribution in [0.1, 0.15) is 55.1 Å². The first-order chi connectivity index (χ1) is 14.4. The van der Waals surface area contributed by atoms with E-state index in [4.69, 9.17) is 10.7 Å². The number of hydrogen-bond acceptors (Lipinski definition) is 4. The maximum Gasteiger partial charge on any atom is 0.0994 e. The van der Waals surface area contributed by atoms with Gasteiger partial charge in [0.05, 0.1) is 23.8 Å². The zero-order valence-electron chi connectivity index (χ0n) is 17.1. The second kappa shape index (κ2) is 9.81. The maximum atomic E-state index is 5.71. The van der Waals surface area contributed by atoms with Crippen molar-refractivity contribution in [3.63, 3.8) is 0 Å². The van der Waals surface area contributed by atoms with Crippen molar-refractivity contribution in [1.29, 1.82) is 0 Å². The van der Waals surface area contributed by atoms with Crippen LogP contribution in [0.25, 0.3) is 5.69 Å². The molecule has 1 aliphatic rings. The minimum atomic E-state index is 0.372. The quantitative estimate of drug-likeness (QED) is 0.555. The number of nitrogens with two attached hydrogens (primary N) is 1. The van der Waals surface area contributed by atoms with Gasteiger partial charge in [-0.05, 0) is 69.0 Å². The van der Waals surface area contributed by atoms with Gasteiger partial charge in [0.15, 0.2) is 0 Å². The zero-order chi connectivity index (χ0) is 19.9. The van der Waals surface area contributed by atoms with Crippen LogP contribution in [0, 0.1) is 0 Å². The second-order valence-electron chi connectivity index (χ2n) is 7.87. The summed E-state index contributed by atoms with van der Waals surface area (Å²) in [6.07, 6.45) is 12.8. The number of para-hydroxylation sites is 1. The molecule has 2 aromatic heterocycles. The normalized spacial score (nSPS) is 16.1. The molecular formula is C24H31N5. The maximum absolute atomic E-state index is 5.71. The monoisotopic (exact) mass is 389 g/mol. The van der Waals surface area contributed by atoms with Crippen molar-refractivity contribution in [2.24, 2.45) is 5.73 Å². The highest BCUT2D eigenvalue weighted by Gasteiger charge is 2.27. The van der Waals surface area contributed by atoms with Gasteiger partial charge in [0.1, 0.15) is 0 Å². The van der Waals surface area contributed by atoms with E-state index in [2.05, 4.69) is 56.9 Å². The molecule has 1 unspecified atom stereocenters. The highest BCUT2D eigenvalue weighted by Crippen LogP contribution is 2.34. The van der Waals surface area contributed by atoms with Gasteiger partial charge in [-0.3, -0.25) is 9.88 Å². The number of rotatable bonds is 9. The molecule has 0 saturated carbocycles. The molecule has 0 amide bonds. The fraction of sp³-hybridized carbons (Fsp3) is 0.417. The van der Waals surface area contributed by atoms with Crippen molar-refractivity contribution < 1.29 is 0 Å². The molecule has 5 heteroatoms. The molecule has 0 saturated heterocycles. The van der Waals surface area contributed by atoms with E-state index in [-0.39, 0.29) is 0 Å². The topological polar surface area (TPSA) is 60.0 Å². The van der Waals surface area contributed by atoms with Crippen LogP contribution in [0.4, 0.5) is 0 Å². The molecule has 0 spiro atoms. The van der Waals surface area contributed by atoms with E-state index in [0.29, 0.717) is 6.04 Å². The Labute approximate surface area is 173 Å². The van der Waals surface area contributed by atoms with E-state index >= 15 is 0 Å². The van der Waals surface area contributed by atoms with Crippen LogP contribution in [0.15, 0.2) is 61.2 Å². The summed E-state index contributed by atoms with van der Waals surface area (Å²) in [6, 6.07) is 15.1. The third-order valence-electron chi connectivity index (χ3n) is 5.87. The number of unbranched alkanes of at least 4 members (excludes halogenated alkanes) is 2. The molecule has 0 radical (unpaired) electrons. The number of pyridine rings is 1. The van der Waals surface area contributed by atoms with Crippen LogP contribution in [-0.4, -0.2) is 32.5 Å². The number of fused-ring (bicyclic) bond motifs is 1. The number of imidazole rings is 1. The zero-order valence-corrected chi connectivity index (χ0v) is 17.1. The highest BCUT2D eigenvalue weighted by molar-refractivity contribution is 5.33. The van der Waals surface area contributed by atoms with Gasteiger partial charge in [-0.25, -0.2) is 4.98 Å². The van der Waals surface area contributed by atoms with Crippen LogP contribution >= 0.6 is 0 Å². The first kappa shape index (κ1) is 19.8. The van der Waals surface area contributed by atoms with Crippen LogP contribution in [0.5, 0.6) is 0 Å². The van der Waals surface area contributed by atoms with Gasteiger partial charge in [-0.2, -0.15) is 0 Å². The lowest BCUT2D eigenvalue weighted by Gasteiger charge is -2.35. The lowest BCUT2D eigenvalue weighted by molar-refractivity contribution is 0.160. The van der Waals surface area contributed by atoms with Crippen LogP contribution in [0.3, 0.4) is 0 Å². The average molecular weight is 390 g/mol. The minimum Gasteiger partial charge on any atom is -0.330 e. The van der Waals surface area contributed by atoms with Crippen LogP contribution in [0.2, 0.25) is 0 Å². The van der Waals surface area contributed by atoms with E-state index in [1.54, 1.807) is 0 Å². The Morgan fingerprint density at radius 2 is 1.97 bits per heavy atom. The Morgan fingerprint density at radius 1 is 1.07 bits per heavy atom. The summed E-state index contributed by atoms with van der Waals surface area (Å²) in [5.41, 5.74) is 10.8. The summed E-state index contributed by atoms with van der Waals surface area (Å²) < 4.78 is 2.20. The third kappa shape index (κ3) is 4.74. The molecule has 0 aliphatic heterocycles. The standard InChI is InChI=1S/C24H31N5/c25-14-5-2-6-16-28(23-13-7-9-20-10-8-15-27-24(20)23)18-22-17-26-19-29(22)21-11-3-1-4-12-21/h1,3-4,8,10-12,15,17,19,23H,2,5-7,9,13-14,16,18,25H2. The summed E-state index contributed by atoms with van der Waals surface area (Å²) in [5, 5.41) is 0. The van der Waals surface area contributed by atoms with Crippen LogP contribution in [-0.2, 0) is 13.0 Å². The molecule has 1 aliphatic carbocycles.